The van der Waals surface area contributed by atoms with Crippen molar-refractivity contribution in [3.8, 4) is 0 Å². The summed E-state index contributed by atoms with van der Waals surface area (Å²) in [7, 11) is 0. The number of aromatic nitrogens is 2. The van der Waals surface area contributed by atoms with Crippen molar-refractivity contribution < 1.29 is 9.63 Å². The highest BCUT2D eigenvalue weighted by Crippen LogP contribution is 2.31. The second kappa shape index (κ2) is 6.68. The van der Waals surface area contributed by atoms with Gasteiger partial charge >= 0.3 is 0 Å². The van der Waals surface area contributed by atoms with Gasteiger partial charge in [-0.1, -0.05) is 5.16 Å². The molecule has 0 aromatic carbocycles. The average molecular weight is 279 g/mol. The molecule has 0 radical (unpaired) electrons. The van der Waals surface area contributed by atoms with E-state index in [9.17, 15) is 0 Å². The van der Waals surface area contributed by atoms with E-state index in [2.05, 4.69) is 15.0 Å². The Hall–Kier alpha value is -0.940. The van der Waals surface area contributed by atoms with Crippen LogP contribution in [0.25, 0.3) is 0 Å². The lowest BCUT2D eigenvalue weighted by molar-refractivity contribution is 0.139. The molecule has 1 aliphatic carbocycles. The number of aliphatic hydroxyl groups excluding tert-OH is 1. The molecule has 2 heterocycles. The molecule has 1 saturated heterocycles. The zero-order chi connectivity index (χ0) is 13.8. The summed E-state index contributed by atoms with van der Waals surface area (Å²) >= 11 is 0. The van der Waals surface area contributed by atoms with Crippen LogP contribution in [0, 0.1) is 11.8 Å². The molecule has 0 amide bonds. The molecule has 0 spiro atoms. The Morgan fingerprint density at radius 1 is 1.25 bits per heavy atom. The molecule has 3 rings (SSSR count). The number of hydrogen-bond acceptors (Lipinski definition) is 5. The van der Waals surface area contributed by atoms with Gasteiger partial charge in [-0.2, -0.15) is 4.98 Å². The molecule has 1 atom stereocenters. The highest BCUT2D eigenvalue weighted by Gasteiger charge is 2.25. The summed E-state index contributed by atoms with van der Waals surface area (Å²) < 4.78 is 5.37. The quantitative estimate of drug-likeness (QED) is 0.827. The third-order valence-electron chi connectivity index (χ3n) is 4.41. The zero-order valence-electron chi connectivity index (χ0n) is 12.1. The smallest absolute Gasteiger partial charge is 0.240 e. The van der Waals surface area contributed by atoms with Crippen molar-refractivity contribution in [2.45, 2.75) is 51.5 Å². The molecule has 1 saturated carbocycles. The van der Waals surface area contributed by atoms with Crippen molar-refractivity contribution in [1.82, 2.24) is 15.0 Å². The van der Waals surface area contributed by atoms with Gasteiger partial charge in [-0.3, -0.25) is 4.90 Å². The van der Waals surface area contributed by atoms with E-state index >= 15 is 0 Å². The van der Waals surface area contributed by atoms with Crippen molar-refractivity contribution >= 4 is 0 Å². The lowest BCUT2D eigenvalue weighted by Crippen LogP contribution is -2.35. The van der Waals surface area contributed by atoms with E-state index < -0.39 is 0 Å². The summed E-state index contributed by atoms with van der Waals surface area (Å²) in [6.07, 6.45) is 8.20. The summed E-state index contributed by atoms with van der Waals surface area (Å²) in [5.74, 6) is 3.17. The van der Waals surface area contributed by atoms with E-state index in [1.165, 1.54) is 25.7 Å². The summed E-state index contributed by atoms with van der Waals surface area (Å²) in [4.78, 5) is 6.93. The van der Waals surface area contributed by atoms with Crippen LogP contribution in [-0.4, -0.2) is 39.8 Å². The molecule has 5 nitrogen and oxygen atoms in total. The van der Waals surface area contributed by atoms with Gasteiger partial charge in [-0.25, -0.2) is 0 Å². The largest absolute Gasteiger partial charge is 0.396 e. The van der Waals surface area contributed by atoms with Gasteiger partial charge in [0.1, 0.15) is 0 Å². The second-order valence-electron chi connectivity index (χ2n) is 6.36. The van der Waals surface area contributed by atoms with Gasteiger partial charge in [-0.15, -0.1) is 0 Å². The van der Waals surface area contributed by atoms with Gasteiger partial charge in [0.15, 0.2) is 5.82 Å². The van der Waals surface area contributed by atoms with E-state index in [-0.39, 0.29) is 0 Å². The lowest BCUT2D eigenvalue weighted by atomic mass is 9.93. The molecule has 1 N–H and O–H groups in total. The van der Waals surface area contributed by atoms with Crippen molar-refractivity contribution in [1.29, 1.82) is 0 Å². The Morgan fingerprint density at radius 2 is 2.15 bits per heavy atom. The molecule has 0 bridgehead atoms. The van der Waals surface area contributed by atoms with Crippen molar-refractivity contribution in [3.05, 3.63) is 11.7 Å². The molecular weight excluding hydrogens is 254 g/mol. The van der Waals surface area contributed by atoms with Crippen LogP contribution >= 0.6 is 0 Å². The second-order valence-corrected chi connectivity index (χ2v) is 6.36. The monoisotopic (exact) mass is 279 g/mol. The number of rotatable bonds is 7. The van der Waals surface area contributed by atoms with Gasteiger partial charge in [0, 0.05) is 19.6 Å². The molecule has 112 valence electrons. The van der Waals surface area contributed by atoms with Crippen LogP contribution in [0.1, 0.15) is 50.2 Å². The highest BCUT2D eigenvalue weighted by molar-refractivity contribution is 4.92. The molecule has 5 heteroatoms. The van der Waals surface area contributed by atoms with Crippen LogP contribution in [-0.2, 0) is 13.0 Å². The first-order valence-corrected chi connectivity index (χ1v) is 7.98. The fourth-order valence-corrected chi connectivity index (χ4v) is 3.12. The maximum Gasteiger partial charge on any atom is 0.240 e. The first-order valence-electron chi connectivity index (χ1n) is 7.98. The summed E-state index contributed by atoms with van der Waals surface area (Å²) in [5.41, 5.74) is 0. The van der Waals surface area contributed by atoms with Gasteiger partial charge in [-0.05, 0) is 56.9 Å². The van der Waals surface area contributed by atoms with E-state index in [4.69, 9.17) is 9.63 Å². The fourth-order valence-electron chi connectivity index (χ4n) is 3.12. The van der Waals surface area contributed by atoms with Crippen molar-refractivity contribution in [2.24, 2.45) is 11.8 Å². The van der Waals surface area contributed by atoms with E-state index in [1.54, 1.807) is 0 Å². The van der Waals surface area contributed by atoms with Crippen LogP contribution in [0.15, 0.2) is 4.52 Å². The maximum absolute atomic E-state index is 8.93. The van der Waals surface area contributed by atoms with Crippen LogP contribution in [0.3, 0.4) is 0 Å². The van der Waals surface area contributed by atoms with Crippen LogP contribution < -0.4 is 0 Å². The summed E-state index contributed by atoms with van der Waals surface area (Å²) in [6, 6.07) is 0. The minimum Gasteiger partial charge on any atom is -0.396 e. The predicted molar refractivity (Wildman–Crippen MR) is 75.0 cm³/mol. The molecule has 1 aromatic heterocycles. The Morgan fingerprint density at radius 3 is 2.95 bits per heavy atom. The summed E-state index contributed by atoms with van der Waals surface area (Å²) in [5, 5.41) is 13.0. The fraction of sp³-hybridized carbons (Fsp3) is 0.867. The van der Waals surface area contributed by atoms with E-state index in [0.29, 0.717) is 12.5 Å². The normalized spacial score (nSPS) is 24.1. The van der Waals surface area contributed by atoms with Gasteiger partial charge in [0.25, 0.3) is 0 Å². The Kier molecular flexibility index (Phi) is 4.68. The number of hydrogen-bond donors (Lipinski definition) is 1. The number of nitrogens with zero attached hydrogens (tertiary/aromatic N) is 3. The van der Waals surface area contributed by atoms with Gasteiger partial charge < -0.3 is 9.63 Å². The molecule has 20 heavy (non-hydrogen) atoms. The molecule has 0 unspecified atom stereocenters. The standard InChI is InChI=1S/C15H25N3O2/c19-8-2-4-13-3-1-7-18(10-13)11-15-16-14(17-20-15)9-12-5-6-12/h12-13,19H,1-11H2/t13-/m0/s1. The Bertz CT molecular complexity index is 417. The topological polar surface area (TPSA) is 62.4 Å². The Labute approximate surface area is 120 Å². The third-order valence-corrected chi connectivity index (χ3v) is 4.41. The average Bonchev–Trinajstić information content (AvgIpc) is 3.16. The molecule has 1 aromatic rings. The number of piperidine rings is 1. The summed E-state index contributed by atoms with van der Waals surface area (Å²) in [6.45, 7) is 3.31. The zero-order valence-corrected chi connectivity index (χ0v) is 12.1. The highest BCUT2D eigenvalue weighted by atomic mass is 16.5. The van der Waals surface area contributed by atoms with Crippen molar-refractivity contribution in [2.75, 3.05) is 19.7 Å². The van der Waals surface area contributed by atoms with Crippen LogP contribution in [0.2, 0.25) is 0 Å². The molecule has 1 aliphatic heterocycles. The minimum atomic E-state index is 0.310. The van der Waals surface area contributed by atoms with Gasteiger partial charge in [0.05, 0.1) is 6.54 Å². The molecule has 2 fully saturated rings. The van der Waals surface area contributed by atoms with E-state index in [1.807, 2.05) is 0 Å². The molecule has 2 aliphatic rings. The SMILES string of the molecule is OCCC[C@@H]1CCCN(Cc2nc(CC3CC3)no2)C1. The maximum atomic E-state index is 8.93. The molecular formula is C15H25N3O2. The minimum absolute atomic E-state index is 0.310. The Balaban J connectivity index is 1.47. The van der Waals surface area contributed by atoms with E-state index in [0.717, 1.165) is 56.5 Å². The third kappa shape index (κ3) is 4.03. The van der Waals surface area contributed by atoms with Crippen molar-refractivity contribution in [3.63, 3.8) is 0 Å². The lowest BCUT2D eigenvalue weighted by Gasteiger charge is -2.31. The first kappa shape index (κ1) is 14.0. The van der Waals surface area contributed by atoms with Gasteiger partial charge in [0.2, 0.25) is 5.89 Å². The van der Waals surface area contributed by atoms with Crippen LogP contribution in [0.4, 0.5) is 0 Å². The number of likely N-dealkylation sites (tertiary alicyclic amines) is 1. The first-order chi connectivity index (χ1) is 9.83. The van der Waals surface area contributed by atoms with Crippen LogP contribution in [0.5, 0.6) is 0 Å². The predicted octanol–water partition coefficient (Wildman–Crippen LogP) is 2.01. The number of aliphatic hydroxyl groups is 1.